The fraction of sp³-hybridized carbons (Fsp3) is 0.588. The molecule has 0 saturated carbocycles. The number of para-hydroxylation sites is 1. The van der Waals surface area contributed by atoms with E-state index in [1.165, 1.54) is 6.07 Å². The standard InChI is InChI=1S/C17H28FN3O2/c1-13(2)12-22-10-9-20-17(19-4)21-11-14(3)23-16-8-6-5-7-15(16)18/h5-8,13-14H,9-12H2,1-4H3,(H2,19,20,21). The van der Waals surface area contributed by atoms with E-state index >= 15 is 0 Å². The van der Waals surface area contributed by atoms with Gasteiger partial charge in [-0.2, -0.15) is 0 Å². The van der Waals surface area contributed by atoms with E-state index in [2.05, 4.69) is 29.5 Å². The lowest BCUT2D eigenvalue weighted by molar-refractivity contribution is 0.114. The maximum Gasteiger partial charge on any atom is 0.191 e. The quantitative estimate of drug-likeness (QED) is 0.416. The number of nitrogens with one attached hydrogen (secondary N) is 2. The third-order valence-corrected chi connectivity index (χ3v) is 2.94. The van der Waals surface area contributed by atoms with Crippen LogP contribution >= 0.6 is 0 Å². The molecule has 1 aromatic rings. The Kier molecular flexibility index (Phi) is 9.05. The second-order valence-electron chi connectivity index (χ2n) is 5.71. The summed E-state index contributed by atoms with van der Waals surface area (Å²) in [5.41, 5.74) is 0. The number of benzene rings is 1. The van der Waals surface area contributed by atoms with Gasteiger partial charge in [-0.3, -0.25) is 4.99 Å². The van der Waals surface area contributed by atoms with Gasteiger partial charge in [-0.15, -0.1) is 0 Å². The summed E-state index contributed by atoms with van der Waals surface area (Å²) in [7, 11) is 1.70. The topological polar surface area (TPSA) is 54.9 Å². The minimum atomic E-state index is -0.357. The number of hydrogen-bond acceptors (Lipinski definition) is 3. The van der Waals surface area contributed by atoms with E-state index in [1.807, 2.05) is 6.92 Å². The first kappa shape index (κ1) is 19.2. The van der Waals surface area contributed by atoms with Crippen molar-refractivity contribution in [1.82, 2.24) is 10.6 Å². The van der Waals surface area contributed by atoms with Crippen LogP contribution in [0.4, 0.5) is 4.39 Å². The van der Waals surface area contributed by atoms with Crippen molar-refractivity contribution in [2.75, 3.05) is 33.4 Å². The van der Waals surface area contributed by atoms with Crippen LogP contribution in [0.1, 0.15) is 20.8 Å². The van der Waals surface area contributed by atoms with Gasteiger partial charge in [0.15, 0.2) is 17.5 Å². The maximum absolute atomic E-state index is 13.5. The van der Waals surface area contributed by atoms with E-state index in [4.69, 9.17) is 9.47 Å². The summed E-state index contributed by atoms with van der Waals surface area (Å²) in [5.74, 6) is 1.10. The first-order valence-corrected chi connectivity index (χ1v) is 7.96. The first-order chi connectivity index (χ1) is 11.0. The number of ether oxygens (including phenoxy) is 2. The van der Waals surface area contributed by atoms with Gasteiger partial charge in [0.2, 0.25) is 0 Å². The average molecular weight is 325 g/mol. The Morgan fingerprint density at radius 1 is 1.22 bits per heavy atom. The monoisotopic (exact) mass is 325 g/mol. The lowest BCUT2D eigenvalue weighted by Crippen LogP contribution is -2.43. The molecule has 1 rings (SSSR count). The van der Waals surface area contributed by atoms with Crippen LogP contribution in [0.25, 0.3) is 0 Å². The van der Waals surface area contributed by atoms with Crippen LogP contribution in [0.2, 0.25) is 0 Å². The summed E-state index contributed by atoms with van der Waals surface area (Å²) in [6.07, 6.45) is -0.192. The second kappa shape index (κ2) is 10.8. The molecule has 23 heavy (non-hydrogen) atoms. The van der Waals surface area contributed by atoms with Crippen molar-refractivity contribution >= 4 is 5.96 Å². The molecule has 1 atom stereocenters. The van der Waals surface area contributed by atoms with E-state index < -0.39 is 0 Å². The highest BCUT2D eigenvalue weighted by Gasteiger charge is 2.08. The summed E-state index contributed by atoms with van der Waals surface area (Å²) < 4.78 is 24.6. The van der Waals surface area contributed by atoms with E-state index in [0.29, 0.717) is 31.6 Å². The molecule has 0 aliphatic carbocycles. The minimum Gasteiger partial charge on any atom is -0.486 e. The number of nitrogens with zero attached hydrogens (tertiary/aromatic N) is 1. The Labute approximate surface area is 138 Å². The number of rotatable bonds is 9. The molecule has 6 heteroatoms. The summed E-state index contributed by atoms with van der Waals surface area (Å²) in [6.45, 7) is 8.67. The van der Waals surface area contributed by atoms with Gasteiger partial charge in [0.25, 0.3) is 0 Å². The largest absolute Gasteiger partial charge is 0.486 e. The Balaban J connectivity index is 2.24. The Morgan fingerprint density at radius 2 is 1.96 bits per heavy atom. The molecule has 130 valence electrons. The lowest BCUT2D eigenvalue weighted by Gasteiger charge is -2.18. The van der Waals surface area contributed by atoms with Crippen molar-refractivity contribution in [3.63, 3.8) is 0 Å². The number of halogens is 1. The van der Waals surface area contributed by atoms with Crippen molar-refractivity contribution in [2.45, 2.75) is 26.9 Å². The Bertz CT molecular complexity index is 481. The first-order valence-electron chi connectivity index (χ1n) is 7.96. The van der Waals surface area contributed by atoms with Crippen LogP contribution in [0.3, 0.4) is 0 Å². The van der Waals surface area contributed by atoms with Crippen molar-refractivity contribution in [1.29, 1.82) is 0 Å². The normalized spacial score (nSPS) is 13.0. The zero-order valence-electron chi connectivity index (χ0n) is 14.4. The molecule has 1 aromatic carbocycles. The van der Waals surface area contributed by atoms with E-state index in [0.717, 1.165) is 6.61 Å². The zero-order chi connectivity index (χ0) is 17.1. The minimum absolute atomic E-state index is 0.192. The summed E-state index contributed by atoms with van der Waals surface area (Å²) in [4.78, 5) is 4.13. The molecular formula is C17H28FN3O2. The van der Waals surface area contributed by atoms with Crippen molar-refractivity contribution in [3.05, 3.63) is 30.1 Å². The van der Waals surface area contributed by atoms with Crippen molar-refractivity contribution in [2.24, 2.45) is 10.9 Å². The molecule has 0 aliphatic rings. The molecule has 0 aromatic heterocycles. The van der Waals surface area contributed by atoms with E-state index in [1.54, 1.807) is 25.2 Å². The third kappa shape index (κ3) is 8.40. The van der Waals surface area contributed by atoms with Gasteiger partial charge >= 0.3 is 0 Å². The van der Waals surface area contributed by atoms with Gasteiger partial charge in [0, 0.05) is 20.2 Å². The van der Waals surface area contributed by atoms with Gasteiger partial charge in [0.1, 0.15) is 6.10 Å². The van der Waals surface area contributed by atoms with Gasteiger partial charge in [-0.25, -0.2) is 4.39 Å². The van der Waals surface area contributed by atoms with Crippen LogP contribution in [0, 0.1) is 11.7 Å². The molecule has 0 bridgehead atoms. The summed E-state index contributed by atoms with van der Waals surface area (Å²) >= 11 is 0. The molecule has 1 unspecified atom stereocenters. The molecule has 2 N–H and O–H groups in total. The Hall–Kier alpha value is -1.82. The molecular weight excluding hydrogens is 297 g/mol. The van der Waals surface area contributed by atoms with E-state index in [-0.39, 0.29) is 17.7 Å². The molecule has 0 amide bonds. The van der Waals surface area contributed by atoms with Crippen LogP contribution in [0.5, 0.6) is 5.75 Å². The molecule has 0 aliphatic heterocycles. The molecule has 0 saturated heterocycles. The highest BCUT2D eigenvalue weighted by molar-refractivity contribution is 5.79. The molecule has 5 nitrogen and oxygen atoms in total. The molecule has 0 fully saturated rings. The van der Waals surface area contributed by atoms with Gasteiger partial charge in [0.05, 0.1) is 13.2 Å². The average Bonchev–Trinajstić information content (AvgIpc) is 2.52. The van der Waals surface area contributed by atoms with Crippen molar-refractivity contribution < 1.29 is 13.9 Å². The highest BCUT2D eigenvalue weighted by Crippen LogP contribution is 2.16. The van der Waals surface area contributed by atoms with Gasteiger partial charge in [-0.1, -0.05) is 26.0 Å². The molecule has 0 spiro atoms. The number of guanidine groups is 1. The third-order valence-electron chi connectivity index (χ3n) is 2.94. The summed E-state index contributed by atoms with van der Waals surface area (Å²) in [5, 5.41) is 6.30. The smallest absolute Gasteiger partial charge is 0.191 e. The van der Waals surface area contributed by atoms with Gasteiger partial charge < -0.3 is 20.1 Å². The lowest BCUT2D eigenvalue weighted by atomic mass is 10.2. The predicted molar refractivity (Wildman–Crippen MR) is 91.5 cm³/mol. The fourth-order valence-corrected chi connectivity index (χ4v) is 1.82. The second-order valence-corrected chi connectivity index (χ2v) is 5.71. The van der Waals surface area contributed by atoms with Crippen LogP contribution in [-0.4, -0.2) is 45.4 Å². The molecule has 0 heterocycles. The van der Waals surface area contributed by atoms with Crippen molar-refractivity contribution in [3.8, 4) is 5.75 Å². The number of aliphatic imine (C=N–C) groups is 1. The van der Waals surface area contributed by atoms with Crippen LogP contribution < -0.4 is 15.4 Å². The van der Waals surface area contributed by atoms with Gasteiger partial charge in [-0.05, 0) is 25.0 Å². The zero-order valence-corrected chi connectivity index (χ0v) is 14.4. The van der Waals surface area contributed by atoms with Crippen LogP contribution in [0.15, 0.2) is 29.3 Å². The highest BCUT2D eigenvalue weighted by atomic mass is 19.1. The summed E-state index contributed by atoms with van der Waals surface area (Å²) in [6, 6.07) is 6.38. The predicted octanol–water partition coefficient (Wildman–Crippen LogP) is 2.43. The van der Waals surface area contributed by atoms with Crippen LogP contribution in [-0.2, 0) is 4.74 Å². The van der Waals surface area contributed by atoms with E-state index in [9.17, 15) is 4.39 Å². The number of hydrogen-bond donors (Lipinski definition) is 2. The maximum atomic E-state index is 13.5. The Morgan fingerprint density at radius 3 is 2.61 bits per heavy atom. The molecule has 0 radical (unpaired) electrons. The fourth-order valence-electron chi connectivity index (χ4n) is 1.82. The SMILES string of the molecule is CN=C(NCCOCC(C)C)NCC(C)Oc1ccccc1F.